The SMILES string of the molecule is CCOC(=O)COc1ccc(COCl)cc1NC(=O)c1ccc(OCCCCc2ccccc2)cc1. The van der Waals surface area contributed by atoms with E-state index >= 15 is 0 Å². The number of aryl methyl sites for hydroxylation is 1. The Hall–Kier alpha value is -3.55. The van der Waals surface area contributed by atoms with E-state index in [0.29, 0.717) is 29.4 Å². The van der Waals surface area contributed by atoms with Crippen LogP contribution in [0.15, 0.2) is 72.8 Å². The van der Waals surface area contributed by atoms with Gasteiger partial charge in [0.2, 0.25) is 0 Å². The highest BCUT2D eigenvalue weighted by atomic mass is 35.5. The van der Waals surface area contributed by atoms with Gasteiger partial charge >= 0.3 is 5.97 Å². The Morgan fingerprint density at radius 1 is 0.889 bits per heavy atom. The van der Waals surface area contributed by atoms with E-state index in [2.05, 4.69) is 21.7 Å². The quantitative estimate of drug-likeness (QED) is 0.212. The summed E-state index contributed by atoms with van der Waals surface area (Å²) in [4.78, 5) is 24.5. The number of nitrogens with one attached hydrogen (secondary N) is 1. The van der Waals surface area contributed by atoms with Crippen LogP contribution >= 0.6 is 11.9 Å². The number of hydrogen-bond acceptors (Lipinski definition) is 6. The summed E-state index contributed by atoms with van der Waals surface area (Å²) in [7, 11) is 0. The molecule has 0 fully saturated rings. The van der Waals surface area contributed by atoms with Crippen molar-refractivity contribution >= 4 is 29.4 Å². The topological polar surface area (TPSA) is 83.1 Å². The summed E-state index contributed by atoms with van der Waals surface area (Å²) < 4.78 is 20.9. The molecule has 7 nitrogen and oxygen atoms in total. The van der Waals surface area contributed by atoms with Gasteiger partial charge < -0.3 is 19.5 Å². The predicted octanol–water partition coefficient (Wildman–Crippen LogP) is 5.95. The van der Waals surface area contributed by atoms with Crippen molar-refractivity contribution in [3.63, 3.8) is 0 Å². The first-order valence-electron chi connectivity index (χ1n) is 11.8. The van der Waals surface area contributed by atoms with E-state index in [1.165, 1.54) is 5.56 Å². The standard InChI is InChI=1S/C28H30ClNO6/c1-2-33-27(31)20-35-26-16-11-22(19-36-29)18-25(26)30-28(32)23-12-14-24(15-13-23)34-17-7-6-10-21-8-4-3-5-9-21/h3-5,8-9,11-16,18H,2,6-7,10,17,19-20H2,1H3,(H,30,32). The number of amides is 1. The van der Waals surface area contributed by atoms with Gasteiger partial charge in [-0.25, -0.2) is 4.79 Å². The largest absolute Gasteiger partial charge is 0.494 e. The molecule has 190 valence electrons. The Balaban J connectivity index is 1.54. The lowest BCUT2D eigenvalue weighted by Crippen LogP contribution is -2.17. The number of carbonyl (C=O) groups excluding carboxylic acids is 2. The highest BCUT2D eigenvalue weighted by Gasteiger charge is 2.13. The maximum Gasteiger partial charge on any atom is 0.344 e. The summed E-state index contributed by atoms with van der Waals surface area (Å²) in [5.74, 6) is 0.184. The smallest absolute Gasteiger partial charge is 0.344 e. The van der Waals surface area contributed by atoms with E-state index in [1.54, 1.807) is 49.4 Å². The molecule has 0 radical (unpaired) electrons. The van der Waals surface area contributed by atoms with Crippen molar-refractivity contribution in [3.05, 3.63) is 89.5 Å². The van der Waals surface area contributed by atoms with Gasteiger partial charge in [0.15, 0.2) is 6.61 Å². The minimum absolute atomic E-state index is 0.139. The first-order valence-corrected chi connectivity index (χ1v) is 12.1. The van der Waals surface area contributed by atoms with Crippen molar-refractivity contribution in [2.75, 3.05) is 25.1 Å². The molecule has 0 aliphatic rings. The molecular weight excluding hydrogens is 482 g/mol. The van der Waals surface area contributed by atoms with Crippen LogP contribution in [0.1, 0.15) is 41.3 Å². The molecule has 0 saturated carbocycles. The van der Waals surface area contributed by atoms with E-state index in [1.807, 2.05) is 18.2 Å². The lowest BCUT2D eigenvalue weighted by atomic mass is 10.1. The third-order valence-corrected chi connectivity index (χ3v) is 5.36. The number of halogens is 1. The highest BCUT2D eigenvalue weighted by Crippen LogP contribution is 2.27. The summed E-state index contributed by atoms with van der Waals surface area (Å²) >= 11 is 5.37. The van der Waals surface area contributed by atoms with Crippen LogP contribution in [0.2, 0.25) is 0 Å². The summed E-state index contributed by atoms with van der Waals surface area (Å²) in [6.07, 6.45) is 3.00. The van der Waals surface area contributed by atoms with Crippen LogP contribution in [0.4, 0.5) is 5.69 Å². The monoisotopic (exact) mass is 511 g/mol. The van der Waals surface area contributed by atoms with Gasteiger partial charge in [-0.05, 0) is 73.7 Å². The molecule has 0 heterocycles. The van der Waals surface area contributed by atoms with E-state index in [-0.39, 0.29) is 25.7 Å². The predicted molar refractivity (Wildman–Crippen MR) is 138 cm³/mol. The number of hydrogen-bond donors (Lipinski definition) is 1. The van der Waals surface area contributed by atoms with Crippen LogP contribution in [0.3, 0.4) is 0 Å². The van der Waals surface area contributed by atoms with Gasteiger partial charge in [-0.2, -0.15) is 0 Å². The fourth-order valence-electron chi connectivity index (χ4n) is 3.46. The fraction of sp³-hybridized carbons (Fsp3) is 0.286. The Labute approximate surface area is 216 Å². The normalized spacial score (nSPS) is 10.5. The molecule has 0 spiro atoms. The molecule has 3 aromatic rings. The number of esters is 1. The van der Waals surface area contributed by atoms with Crippen molar-refractivity contribution in [2.24, 2.45) is 0 Å². The van der Waals surface area contributed by atoms with Gasteiger partial charge in [0.1, 0.15) is 11.5 Å². The molecule has 0 bridgehead atoms. The number of anilines is 1. The molecule has 3 aromatic carbocycles. The Kier molecular flexibility index (Phi) is 11.1. The van der Waals surface area contributed by atoms with Crippen LogP contribution in [-0.4, -0.2) is 31.7 Å². The molecule has 0 aliphatic heterocycles. The average molecular weight is 512 g/mol. The zero-order valence-electron chi connectivity index (χ0n) is 20.2. The Morgan fingerprint density at radius 3 is 2.39 bits per heavy atom. The van der Waals surface area contributed by atoms with E-state index in [9.17, 15) is 9.59 Å². The van der Waals surface area contributed by atoms with Crippen molar-refractivity contribution in [1.29, 1.82) is 0 Å². The lowest BCUT2D eigenvalue weighted by molar-refractivity contribution is -0.145. The molecule has 1 amide bonds. The second-order valence-corrected chi connectivity index (χ2v) is 8.17. The van der Waals surface area contributed by atoms with E-state index in [0.717, 1.165) is 24.8 Å². The molecule has 0 aliphatic carbocycles. The Morgan fingerprint density at radius 2 is 1.67 bits per heavy atom. The zero-order chi connectivity index (χ0) is 25.6. The van der Waals surface area contributed by atoms with E-state index in [4.69, 9.17) is 26.1 Å². The number of carbonyl (C=O) groups is 2. The van der Waals surface area contributed by atoms with Crippen LogP contribution in [0.25, 0.3) is 0 Å². The number of unbranched alkanes of at least 4 members (excludes halogenated alkanes) is 1. The van der Waals surface area contributed by atoms with Gasteiger partial charge in [-0.15, -0.1) is 0 Å². The summed E-state index contributed by atoms with van der Waals surface area (Å²) in [6.45, 7) is 2.44. The van der Waals surface area contributed by atoms with Crippen LogP contribution in [0, 0.1) is 0 Å². The molecule has 0 saturated heterocycles. The summed E-state index contributed by atoms with van der Waals surface area (Å²) in [6, 6.07) is 22.3. The van der Waals surface area contributed by atoms with Crippen LogP contribution in [-0.2, 0) is 26.8 Å². The van der Waals surface area contributed by atoms with Crippen LogP contribution in [0.5, 0.6) is 11.5 Å². The lowest BCUT2D eigenvalue weighted by Gasteiger charge is -2.14. The molecule has 0 atom stereocenters. The van der Waals surface area contributed by atoms with Crippen molar-refractivity contribution in [2.45, 2.75) is 32.8 Å². The number of rotatable bonds is 14. The number of ether oxygens (including phenoxy) is 3. The maximum atomic E-state index is 12.9. The third-order valence-electron chi connectivity index (χ3n) is 5.25. The van der Waals surface area contributed by atoms with Gasteiger partial charge in [0.05, 0.1) is 37.4 Å². The minimum Gasteiger partial charge on any atom is -0.494 e. The van der Waals surface area contributed by atoms with Crippen molar-refractivity contribution < 1.29 is 28.1 Å². The summed E-state index contributed by atoms with van der Waals surface area (Å²) in [5, 5.41) is 2.82. The maximum absolute atomic E-state index is 12.9. The molecule has 36 heavy (non-hydrogen) atoms. The first-order chi connectivity index (χ1) is 17.6. The number of benzene rings is 3. The van der Waals surface area contributed by atoms with Crippen LogP contribution < -0.4 is 14.8 Å². The van der Waals surface area contributed by atoms with Crippen molar-refractivity contribution in [3.8, 4) is 11.5 Å². The van der Waals surface area contributed by atoms with Crippen molar-refractivity contribution in [1.82, 2.24) is 0 Å². The average Bonchev–Trinajstić information content (AvgIpc) is 2.89. The van der Waals surface area contributed by atoms with Gasteiger partial charge in [-0.1, -0.05) is 36.4 Å². The summed E-state index contributed by atoms with van der Waals surface area (Å²) in [5.41, 5.74) is 2.87. The molecule has 0 unspecified atom stereocenters. The zero-order valence-corrected chi connectivity index (χ0v) is 21.0. The molecule has 0 aromatic heterocycles. The molecule has 1 N–H and O–H groups in total. The second-order valence-electron chi connectivity index (χ2n) is 7.95. The molecule has 8 heteroatoms. The van der Waals surface area contributed by atoms with Gasteiger partial charge in [0, 0.05) is 5.56 Å². The third kappa shape index (κ3) is 8.91. The second kappa shape index (κ2) is 14.8. The minimum atomic E-state index is -0.501. The van der Waals surface area contributed by atoms with Gasteiger partial charge in [-0.3, -0.25) is 9.08 Å². The fourth-order valence-corrected chi connectivity index (χ4v) is 3.58. The van der Waals surface area contributed by atoms with E-state index < -0.39 is 5.97 Å². The highest BCUT2D eigenvalue weighted by molar-refractivity contribution is 6.07. The Bertz CT molecular complexity index is 1100. The first kappa shape index (κ1) is 27.0. The molecule has 3 rings (SSSR count). The molecular formula is C28H30ClNO6. The van der Waals surface area contributed by atoms with Gasteiger partial charge in [0.25, 0.3) is 5.91 Å².